The first-order valence-corrected chi connectivity index (χ1v) is 43.0. The minimum atomic E-state index is -2.75. The fourth-order valence-electron chi connectivity index (χ4n) is 13.2. The van der Waals surface area contributed by atoms with E-state index >= 15 is 0 Å². The SMILES string of the molecule is Cc1ccc(-c2[c-]cc(-c3ccccc3)cc2)nc1.Cc1cnc(-c2[c-]cc(-c3ccccc3)cc2)cc1C.[2H]C([2H])([2H])C([2H])([2H])c1ccnc(-c2[c-]ccc(-c3ccccc3)c2)c1.[2H]C([2H])([2H])c1cnc(-c2[c-]cccc2)cc1C.[2H]C([2H])([2H])c1cnc(-c2[c-]cccc2)cc1C.[2H]C([2H])([2H])c1cnc(-c2[c-]cccc2)cc1C.[2H]C([2H])([2H])c1cnc(-c2[c-]cccc2)cc1C.[Ir].[Ir].[Ir].[Ir].[c-]1cc(-c2ccccc2)ccc1-c1ccccn1. The van der Waals surface area contributed by atoms with Crippen LogP contribution < -0.4 is 0 Å². The second-order valence-corrected chi connectivity index (χ2v) is 30.7. The minimum Gasteiger partial charge on any atom is -0.305 e. The van der Waals surface area contributed by atoms with Gasteiger partial charge in [-0.1, -0.05) is 256 Å². The van der Waals surface area contributed by atoms with Crippen LogP contribution in [0.15, 0.2) is 414 Å². The molecule has 0 aliphatic carbocycles. The average molecular weight is 2510 g/mol. The molecule has 4 radical (unpaired) electrons. The summed E-state index contributed by atoms with van der Waals surface area (Å²) < 4.78 is 127. The molecule has 0 aliphatic rings. The molecule has 0 N–H and O–H groups in total. The fourth-order valence-corrected chi connectivity index (χ4v) is 13.2. The predicted molar refractivity (Wildman–Crippen MR) is 551 cm³/mol. The average Bonchev–Trinajstić information content (AvgIpc) is 0.780. The van der Waals surface area contributed by atoms with Crippen molar-refractivity contribution in [2.24, 2.45) is 0 Å². The van der Waals surface area contributed by atoms with E-state index in [1.807, 2.05) is 256 Å². The molecule has 20 aromatic rings. The molecule has 0 saturated carbocycles. The molecule has 0 spiro atoms. The molecular formula is C125H106Ir4N8-8. The fraction of sp³-hybridized carbons (Fsp3) is 0.104. The molecule has 0 bridgehead atoms. The van der Waals surface area contributed by atoms with Gasteiger partial charge in [-0.05, 0) is 179 Å². The zero-order chi connectivity index (χ0) is 107. The van der Waals surface area contributed by atoms with Crippen molar-refractivity contribution in [2.75, 3.05) is 0 Å². The van der Waals surface area contributed by atoms with Crippen LogP contribution in [-0.2, 0) is 86.8 Å². The number of hydrogen-bond acceptors (Lipinski definition) is 8. The van der Waals surface area contributed by atoms with Crippen LogP contribution in [0.5, 0.6) is 0 Å². The van der Waals surface area contributed by atoms with Crippen molar-refractivity contribution in [3.63, 3.8) is 0 Å². The third-order valence-corrected chi connectivity index (χ3v) is 21.0. The summed E-state index contributed by atoms with van der Waals surface area (Å²) in [5, 5.41) is 0. The number of benzene rings is 12. The minimum absolute atomic E-state index is 0. The first-order valence-electron chi connectivity index (χ1n) is 51.5. The Bertz CT molecular complexity index is 7250. The maximum absolute atomic E-state index is 7.92. The summed E-state index contributed by atoms with van der Waals surface area (Å²) in [5.41, 5.74) is 30.7. The largest absolute Gasteiger partial charge is 0.305 e. The van der Waals surface area contributed by atoms with Gasteiger partial charge in [0.1, 0.15) is 0 Å². The molecule has 8 heterocycles. The van der Waals surface area contributed by atoms with Crippen molar-refractivity contribution < 1.29 is 104 Å². The van der Waals surface area contributed by atoms with E-state index in [0.717, 1.165) is 112 Å². The number of aryl methyl sites for hydroxylation is 12. The van der Waals surface area contributed by atoms with E-state index in [-0.39, 0.29) is 86.0 Å². The molecule has 0 atom stereocenters. The summed E-state index contributed by atoms with van der Waals surface area (Å²) >= 11 is 0. The summed E-state index contributed by atoms with van der Waals surface area (Å²) in [7, 11) is 0. The van der Waals surface area contributed by atoms with Crippen LogP contribution in [0.3, 0.4) is 0 Å². The quantitative estimate of drug-likeness (QED) is 0.105. The topological polar surface area (TPSA) is 103 Å². The van der Waals surface area contributed by atoms with E-state index in [1.54, 1.807) is 64.2 Å². The van der Waals surface area contributed by atoms with Gasteiger partial charge in [-0.15, -0.1) is 268 Å². The van der Waals surface area contributed by atoms with Crippen molar-refractivity contribution in [3.05, 3.63) is 529 Å². The Kier molecular flexibility index (Phi) is 34.4. The molecular weight excluding hydrogens is 2380 g/mol. The molecule has 8 nitrogen and oxygen atoms in total. The van der Waals surface area contributed by atoms with E-state index in [0.29, 0.717) is 33.5 Å². The monoisotopic (exact) mass is 2510 g/mol. The number of nitrogens with zero attached hydrogens (tertiary/aromatic N) is 8. The molecule has 0 fully saturated rings. The Balaban J connectivity index is 0.000000195. The van der Waals surface area contributed by atoms with Crippen molar-refractivity contribution in [2.45, 2.75) is 89.1 Å². The first-order chi connectivity index (χ1) is 71.7. The Hall–Kier alpha value is -13.6. The Morgan fingerprint density at radius 2 is 0.518 bits per heavy atom. The van der Waals surface area contributed by atoms with Gasteiger partial charge < -0.3 is 39.9 Å². The predicted octanol–water partition coefficient (Wildman–Crippen LogP) is 31.0. The molecule has 8 aromatic heterocycles. The zero-order valence-corrected chi connectivity index (χ0v) is 85.8. The molecule has 12 heteroatoms. The maximum Gasteiger partial charge on any atom is 0.0313 e. The van der Waals surface area contributed by atoms with Gasteiger partial charge in [0.2, 0.25) is 0 Å². The van der Waals surface area contributed by atoms with E-state index in [4.69, 9.17) is 23.3 Å². The van der Waals surface area contributed by atoms with Crippen LogP contribution in [-0.4, -0.2) is 39.9 Å². The van der Waals surface area contributed by atoms with E-state index < -0.39 is 40.6 Å². The van der Waals surface area contributed by atoms with E-state index in [1.165, 1.54) is 93.2 Å². The normalized spacial score (nSPS) is 12.4. The van der Waals surface area contributed by atoms with Crippen LogP contribution in [0, 0.1) is 124 Å². The van der Waals surface area contributed by atoms with Gasteiger partial charge in [-0.25, -0.2) is 0 Å². The third kappa shape index (κ3) is 32.6. The van der Waals surface area contributed by atoms with Gasteiger partial charge >= 0.3 is 0 Å². The molecule has 0 aliphatic heterocycles. The number of rotatable bonds is 13. The summed E-state index contributed by atoms with van der Waals surface area (Å²) in [6, 6.07) is 142. The first kappa shape index (κ1) is 84.0. The Morgan fingerprint density at radius 1 is 0.212 bits per heavy atom. The van der Waals surface area contributed by atoms with Crippen molar-refractivity contribution in [3.8, 4) is 135 Å². The van der Waals surface area contributed by atoms with Crippen LogP contribution in [0.4, 0.5) is 0 Å². The molecule has 137 heavy (non-hydrogen) atoms. The zero-order valence-electron chi connectivity index (χ0n) is 93.2. The summed E-state index contributed by atoms with van der Waals surface area (Å²) in [6.45, 7) is 2.22. The van der Waals surface area contributed by atoms with Gasteiger partial charge in [0.25, 0.3) is 0 Å². The van der Waals surface area contributed by atoms with Gasteiger partial charge in [-0.3, -0.25) is 0 Å². The molecule has 0 unspecified atom stereocenters. The van der Waals surface area contributed by atoms with Gasteiger partial charge in [0, 0.05) is 153 Å². The number of hydrogen-bond donors (Lipinski definition) is 0. The van der Waals surface area contributed by atoms with Gasteiger partial charge in [0.15, 0.2) is 0 Å². The van der Waals surface area contributed by atoms with Crippen LogP contribution in [0.1, 0.15) is 96.9 Å². The van der Waals surface area contributed by atoms with Gasteiger partial charge in [0.05, 0.1) is 0 Å². The smallest absolute Gasteiger partial charge is 0.0313 e. The molecule has 12 aromatic carbocycles. The van der Waals surface area contributed by atoms with Crippen LogP contribution >= 0.6 is 0 Å². The van der Waals surface area contributed by atoms with Crippen molar-refractivity contribution in [1.29, 1.82) is 0 Å². The van der Waals surface area contributed by atoms with Crippen molar-refractivity contribution >= 4 is 0 Å². The van der Waals surface area contributed by atoms with E-state index in [2.05, 4.69) is 187 Å². The Labute approximate surface area is 889 Å². The summed E-state index contributed by atoms with van der Waals surface area (Å²) in [5.74, 6) is 0. The Morgan fingerprint density at radius 3 is 0.825 bits per heavy atom. The molecule has 20 rings (SSSR count). The van der Waals surface area contributed by atoms with Crippen molar-refractivity contribution in [1.82, 2.24) is 39.9 Å². The van der Waals surface area contributed by atoms with Crippen LogP contribution in [0.25, 0.3) is 135 Å². The second-order valence-electron chi connectivity index (χ2n) is 30.7. The number of pyridine rings is 8. The maximum atomic E-state index is 7.92. The van der Waals surface area contributed by atoms with Crippen LogP contribution in [0.2, 0.25) is 0 Å². The molecule has 690 valence electrons. The number of aromatic nitrogens is 8. The van der Waals surface area contributed by atoms with E-state index in [9.17, 15) is 0 Å². The second kappa shape index (κ2) is 56.1. The third-order valence-electron chi connectivity index (χ3n) is 21.0. The molecule has 0 saturated heterocycles. The standard InChI is InChI=1S/2C19H16N.C18H14N.C17H12N.4C13H12N.4Ir/c1-14-12-19(20-13-15(14)2)18-10-8-17(9-11-18)16-6-4-3-5-7-16;1-2-15-11-12-20-19(13-15)18-10-6-9-17(14-18)16-7-4-3-5-8-16;1-14-7-12-18(19-13-14)17-10-8-16(9-11-17)15-5-3-2-4-6-15;1-2-6-14(7-3-1)15-9-11-16(12-10-15)17-8-4-5-13-18-17;4*1-10-8-13(14-9-11(10)2)12-6-4-3-5-7-12;;;;/h3-10,12-13H,1-2H3;3-9,11-14H,2H2,1H3;2-10,12-13H,1H3;1-11,13H;4*3-6,8-9H,1-2H3;;;;/q8*-1;;;;/i;1D3,2D2;;;4*2D3;;;;. The van der Waals surface area contributed by atoms with Gasteiger partial charge in [-0.2, -0.15) is 0 Å². The summed E-state index contributed by atoms with van der Waals surface area (Å²) in [4.78, 5) is 34.2. The summed E-state index contributed by atoms with van der Waals surface area (Å²) in [6.07, 6.45) is 10.3. The molecule has 0 amide bonds.